The third kappa shape index (κ3) is 37.6. The zero-order valence-corrected chi connectivity index (χ0v) is 58.3. The summed E-state index contributed by atoms with van der Waals surface area (Å²) < 4.78 is 34.3. The Hall–Kier alpha value is -3.81. The summed E-state index contributed by atoms with van der Waals surface area (Å²) in [5, 5.41) is 121. The molecule has 0 aromatic carbocycles. The van der Waals surface area contributed by atoms with E-state index in [0.717, 1.165) is 103 Å². The molecule has 550 valence electrons. The maximum absolute atomic E-state index is 13.4. The predicted octanol–water partition coefficient (Wildman–Crippen LogP) is 10.8. The first kappa shape index (κ1) is 86.4. The van der Waals surface area contributed by atoms with Gasteiger partial charge in [0.05, 0.1) is 38.6 Å². The van der Waals surface area contributed by atoms with E-state index >= 15 is 0 Å². The second-order valence-corrected chi connectivity index (χ2v) is 25.6. The van der Waals surface area contributed by atoms with E-state index in [-0.39, 0.29) is 18.9 Å². The number of nitrogens with one attached hydrogen (secondary N) is 1. The van der Waals surface area contributed by atoms with Gasteiger partial charge in [-0.3, -0.25) is 4.79 Å². The lowest BCUT2D eigenvalue weighted by molar-refractivity contribution is -0.379. The van der Waals surface area contributed by atoms with Gasteiger partial charge in [0.15, 0.2) is 18.9 Å². The summed E-state index contributed by atoms with van der Waals surface area (Å²) >= 11 is 0. The third-order valence-corrected chi connectivity index (χ3v) is 17.5. The zero-order chi connectivity index (χ0) is 69.6. The highest BCUT2D eigenvalue weighted by Crippen LogP contribution is 2.33. The average Bonchev–Trinajstić information content (AvgIpc) is 0.798. The van der Waals surface area contributed by atoms with Gasteiger partial charge in [-0.25, -0.2) is 0 Å². The van der Waals surface area contributed by atoms with Gasteiger partial charge in [0, 0.05) is 6.42 Å². The van der Waals surface area contributed by atoms with E-state index in [9.17, 15) is 61.0 Å². The van der Waals surface area contributed by atoms with E-state index in [4.69, 9.17) is 28.4 Å². The Morgan fingerprint density at radius 1 is 0.385 bits per heavy atom. The summed E-state index contributed by atoms with van der Waals surface area (Å²) in [7, 11) is 0. The smallest absolute Gasteiger partial charge is 0.220 e. The lowest BCUT2D eigenvalue weighted by Gasteiger charge is -2.48. The van der Waals surface area contributed by atoms with Crippen molar-refractivity contribution >= 4 is 5.91 Å². The van der Waals surface area contributed by atoms with Crippen molar-refractivity contribution < 1.29 is 89.4 Å². The summed E-state index contributed by atoms with van der Waals surface area (Å²) in [4.78, 5) is 13.4. The molecule has 1 amide bonds. The highest BCUT2D eigenvalue weighted by atomic mass is 16.8. The molecule has 0 spiro atoms. The van der Waals surface area contributed by atoms with Gasteiger partial charge < -0.3 is 89.9 Å². The van der Waals surface area contributed by atoms with E-state index in [1.54, 1.807) is 6.08 Å². The van der Waals surface area contributed by atoms with Crippen LogP contribution in [0, 0.1) is 0 Å². The topological polar surface area (TPSA) is 307 Å². The monoisotopic (exact) mass is 1360 g/mol. The highest BCUT2D eigenvalue weighted by Gasteiger charge is 2.53. The summed E-state index contributed by atoms with van der Waals surface area (Å²) in [5.74, 6) is -0.296. The van der Waals surface area contributed by atoms with E-state index in [1.807, 2.05) is 6.08 Å². The number of ether oxygens (including phenoxy) is 6. The largest absolute Gasteiger partial charge is 0.394 e. The normalized spacial score (nSPS) is 27.8. The van der Waals surface area contributed by atoms with Crippen LogP contribution in [0.3, 0.4) is 0 Å². The summed E-state index contributed by atoms with van der Waals surface area (Å²) in [6, 6.07) is -1.00. The molecule has 17 unspecified atom stereocenters. The maximum atomic E-state index is 13.4. The number of hydrogen-bond acceptors (Lipinski definition) is 18. The molecule has 3 heterocycles. The fraction of sp³-hybridized carbons (Fsp3) is 0.727. The number of carbonyl (C=O) groups excluding carboxylic acids is 1. The molecular formula is C77H129NO18. The second kappa shape index (κ2) is 56.9. The molecule has 19 heteroatoms. The number of allylic oxidation sites excluding steroid dienone is 19. The van der Waals surface area contributed by atoms with Gasteiger partial charge in [0.25, 0.3) is 0 Å². The second-order valence-electron chi connectivity index (χ2n) is 25.6. The molecule has 0 radical (unpaired) electrons. The Balaban J connectivity index is 1.37. The number of aliphatic hydroxyl groups is 11. The van der Waals surface area contributed by atoms with Crippen molar-refractivity contribution in [3.05, 3.63) is 122 Å². The number of carbonyl (C=O) groups is 1. The van der Waals surface area contributed by atoms with Crippen molar-refractivity contribution in [3.8, 4) is 0 Å². The Labute approximate surface area is 576 Å². The fourth-order valence-corrected chi connectivity index (χ4v) is 11.6. The molecule has 12 N–H and O–H groups in total. The molecule has 96 heavy (non-hydrogen) atoms. The van der Waals surface area contributed by atoms with Crippen LogP contribution in [0.4, 0.5) is 0 Å². The van der Waals surface area contributed by atoms with E-state index < -0.39 is 124 Å². The van der Waals surface area contributed by atoms with Crippen molar-refractivity contribution in [2.75, 3.05) is 26.4 Å². The number of rotatable bonds is 55. The molecule has 3 rings (SSSR count). The quantitative estimate of drug-likeness (QED) is 0.0199. The zero-order valence-electron chi connectivity index (χ0n) is 58.3. The van der Waals surface area contributed by atoms with Gasteiger partial charge in [0.1, 0.15) is 73.2 Å². The molecule has 17 atom stereocenters. The summed E-state index contributed by atoms with van der Waals surface area (Å²) in [6.07, 6.45) is 51.8. The maximum Gasteiger partial charge on any atom is 0.220 e. The van der Waals surface area contributed by atoms with Crippen LogP contribution in [0.5, 0.6) is 0 Å². The Bertz CT molecular complexity index is 2210. The highest BCUT2D eigenvalue weighted by molar-refractivity contribution is 5.76. The van der Waals surface area contributed by atoms with Crippen LogP contribution >= 0.6 is 0 Å². The Kier molecular flexibility index (Phi) is 51.2. The van der Waals surface area contributed by atoms with E-state index in [1.165, 1.54) is 89.9 Å². The first-order valence-electron chi connectivity index (χ1n) is 36.8. The minimum absolute atomic E-state index is 0.223. The number of aliphatic hydroxyl groups excluding tert-OH is 11. The van der Waals surface area contributed by atoms with E-state index in [2.05, 4.69) is 129 Å². The molecule has 0 aromatic heterocycles. The molecule has 0 aliphatic carbocycles. The third-order valence-electron chi connectivity index (χ3n) is 17.5. The molecule has 3 saturated heterocycles. The Morgan fingerprint density at radius 3 is 1.17 bits per heavy atom. The van der Waals surface area contributed by atoms with Crippen LogP contribution in [0.1, 0.15) is 226 Å². The van der Waals surface area contributed by atoms with Crippen molar-refractivity contribution in [2.24, 2.45) is 0 Å². The number of hydrogen-bond donors (Lipinski definition) is 12. The summed E-state index contributed by atoms with van der Waals surface area (Å²) in [6.45, 7) is 1.56. The first-order chi connectivity index (χ1) is 46.8. The van der Waals surface area contributed by atoms with Gasteiger partial charge in [-0.2, -0.15) is 0 Å². The molecular weight excluding hydrogens is 1230 g/mol. The van der Waals surface area contributed by atoms with Crippen LogP contribution in [-0.2, 0) is 33.2 Å². The van der Waals surface area contributed by atoms with Gasteiger partial charge >= 0.3 is 0 Å². The predicted molar refractivity (Wildman–Crippen MR) is 378 cm³/mol. The molecule has 0 bridgehead atoms. The number of unbranched alkanes of at least 4 members (excludes halogenated alkanes) is 21. The minimum atomic E-state index is -1.99. The van der Waals surface area contributed by atoms with Crippen molar-refractivity contribution in [1.82, 2.24) is 5.32 Å². The molecule has 3 aliphatic heterocycles. The van der Waals surface area contributed by atoms with Gasteiger partial charge in [-0.15, -0.1) is 0 Å². The summed E-state index contributed by atoms with van der Waals surface area (Å²) in [5.41, 5.74) is 0. The van der Waals surface area contributed by atoms with Crippen LogP contribution in [-0.4, -0.2) is 193 Å². The van der Waals surface area contributed by atoms with Gasteiger partial charge in [0.2, 0.25) is 5.91 Å². The van der Waals surface area contributed by atoms with E-state index in [0.29, 0.717) is 12.8 Å². The van der Waals surface area contributed by atoms with Crippen LogP contribution in [0.2, 0.25) is 0 Å². The van der Waals surface area contributed by atoms with Gasteiger partial charge in [-0.1, -0.05) is 238 Å². The number of amides is 1. The molecule has 3 aliphatic rings. The lowest BCUT2D eigenvalue weighted by atomic mass is 9.96. The minimum Gasteiger partial charge on any atom is -0.394 e. The van der Waals surface area contributed by atoms with Crippen molar-refractivity contribution in [3.63, 3.8) is 0 Å². The van der Waals surface area contributed by atoms with Gasteiger partial charge in [-0.05, 0) is 103 Å². The fourth-order valence-electron chi connectivity index (χ4n) is 11.6. The van der Waals surface area contributed by atoms with Crippen molar-refractivity contribution in [2.45, 2.75) is 330 Å². The molecule has 0 saturated carbocycles. The standard InChI is InChI=1S/C77H129NO18/c1-3-5-7-9-11-13-15-17-19-21-22-23-24-25-26-27-28-29-30-31-32-33-34-35-36-37-38-39-41-43-45-47-49-51-53-55-65(83)78-60(61(82)54-52-50-48-46-44-42-40-20-18-16-14-12-10-8-6-4-2)59-91-75-71(89)68(86)73(63(57-80)93-75)96-77-72(90)69(87)74(64(58-81)94-77)95-76-70(88)67(85)66(84)62(56-79)92-76/h5,7,11,13,17-20,22-23,25-26,28-29,31-32,44,46,52,54,60-64,66-77,79-82,84-90H,3-4,6,8-10,12,14-16,21,24,27,30,33-43,45,47-51,53,55-59H2,1-2H3,(H,78,83)/b7-5-,13-11-,19-17-,20-18+,23-22-,26-25-,29-28-,32-31-,46-44+,54-52+. The molecule has 19 nitrogen and oxygen atoms in total. The van der Waals surface area contributed by atoms with Crippen LogP contribution in [0.25, 0.3) is 0 Å². The lowest BCUT2D eigenvalue weighted by Crippen LogP contribution is -2.66. The molecule has 0 aromatic rings. The van der Waals surface area contributed by atoms with Crippen LogP contribution in [0.15, 0.2) is 122 Å². The Morgan fingerprint density at radius 2 is 0.729 bits per heavy atom. The van der Waals surface area contributed by atoms with Crippen molar-refractivity contribution in [1.29, 1.82) is 0 Å². The molecule has 3 fully saturated rings. The SMILES string of the molecule is CC/C=C\C/C=C\C/C=C\C/C=C\C/C=C\C/C=C\C/C=C\CCCCCCCCCCCCCCCC(=O)NC(COC1OC(CO)C(OC2OC(CO)C(OC3OC(CO)C(O)C(O)C3O)C(O)C2O)C(O)C1O)C(O)/C=C/CC/C=C/CC/C=C/CCCCCCCC. The van der Waals surface area contributed by atoms with Crippen LogP contribution < -0.4 is 5.32 Å². The first-order valence-corrected chi connectivity index (χ1v) is 36.8. The average molecular weight is 1360 g/mol.